The van der Waals surface area contributed by atoms with E-state index in [-0.39, 0.29) is 18.0 Å². The number of aromatic nitrogens is 1. The topological polar surface area (TPSA) is 91.7 Å². The number of halogens is 2. The third-order valence-electron chi connectivity index (χ3n) is 6.66. The van der Waals surface area contributed by atoms with Crippen molar-refractivity contribution in [2.75, 3.05) is 6.54 Å². The lowest BCUT2D eigenvalue weighted by molar-refractivity contribution is 0.0696. The normalized spacial score (nSPS) is 15.2. The van der Waals surface area contributed by atoms with Gasteiger partial charge in [-0.25, -0.2) is 9.78 Å². The predicted molar refractivity (Wildman–Crippen MR) is 151 cm³/mol. The van der Waals surface area contributed by atoms with Gasteiger partial charge < -0.3 is 20.3 Å². The van der Waals surface area contributed by atoms with Gasteiger partial charge in [0.1, 0.15) is 5.75 Å². The van der Waals surface area contributed by atoms with Crippen LogP contribution in [0, 0.1) is 0 Å². The minimum absolute atomic E-state index is 0. The first kappa shape index (κ1) is 27.6. The number of carboxylic acids is 1. The summed E-state index contributed by atoms with van der Waals surface area (Å²) in [5.41, 5.74) is 5.84. The van der Waals surface area contributed by atoms with Gasteiger partial charge in [-0.2, -0.15) is 0 Å². The van der Waals surface area contributed by atoms with Gasteiger partial charge in [0, 0.05) is 29.9 Å². The fraction of sp³-hybridized carbons (Fsp3) is 0.200. The maximum Gasteiger partial charge on any atom is 0.337 e. The largest absolute Gasteiger partial charge is 0.478 e. The zero-order chi connectivity index (χ0) is 25.8. The molecule has 0 bridgehead atoms. The van der Waals surface area contributed by atoms with E-state index in [1.54, 1.807) is 18.2 Å². The Morgan fingerprint density at radius 3 is 2.53 bits per heavy atom. The van der Waals surface area contributed by atoms with Crippen LogP contribution in [0.1, 0.15) is 39.6 Å². The average molecular weight is 551 g/mol. The van der Waals surface area contributed by atoms with E-state index in [1.165, 1.54) is 23.4 Å². The summed E-state index contributed by atoms with van der Waals surface area (Å²) in [6.07, 6.45) is 3.62. The van der Waals surface area contributed by atoms with E-state index in [2.05, 4.69) is 28.5 Å². The Morgan fingerprint density at radius 2 is 1.82 bits per heavy atom. The number of hydrogen-bond donors (Lipinski definition) is 3. The second kappa shape index (κ2) is 12.4. The Morgan fingerprint density at radius 1 is 1.03 bits per heavy atom. The van der Waals surface area contributed by atoms with Crippen LogP contribution in [0.4, 0.5) is 0 Å². The first-order chi connectivity index (χ1) is 17.9. The van der Waals surface area contributed by atoms with Gasteiger partial charge in [0.25, 0.3) is 0 Å². The number of carboxylic acid groups (broad SMARTS) is 1. The van der Waals surface area contributed by atoms with Crippen LogP contribution in [-0.4, -0.2) is 33.8 Å². The Balaban J connectivity index is 0.00000336. The lowest BCUT2D eigenvalue weighted by Crippen LogP contribution is -2.37. The summed E-state index contributed by atoms with van der Waals surface area (Å²) >= 11 is 6.06. The molecule has 0 spiro atoms. The lowest BCUT2D eigenvalue weighted by Gasteiger charge is -2.27. The number of nitrogens with one attached hydrogen (secondary N) is 1. The lowest BCUT2D eigenvalue weighted by atomic mass is 9.86. The van der Waals surface area contributed by atoms with E-state index < -0.39 is 12.1 Å². The molecule has 0 amide bonds. The molecule has 1 aliphatic rings. The van der Waals surface area contributed by atoms with Crippen molar-refractivity contribution in [3.63, 3.8) is 0 Å². The van der Waals surface area contributed by atoms with E-state index >= 15 is 0 Å². The van der Waals surface area contributed by atoms with Crippen LogP contribution in [0.3, 0.4) is 0 Å². The number of carbonyl (C=O) groups is 1. The van der Waals surface area contributed by atoms with Gasteiger partial charge in [0.2, 0.25) is 5.88 Å². The molecule has 4 aromatic rings. The number of benzene rings is 3. The Kier molecular flexibility index (Phi) is 9.02. The van der Waals surface area contributed by atoms with Gasteiger partial charge in [-0.05, 0) is 77.4 Å². The van der Waals surface area contributed by atoms with Crippen LogP contribution >= 0.6 is 24.0 Å². The maximum absolute atomic E-state index is 11.0. The maximum atomic E-state index is 11.0. The predicted octanol–water partition coefficient (Wildman–Crippen LogP) is 6.49. The third-order valence-corrected chi connectivity index (χ3v) is 6.90. The number of nitrogens with zero attached hydrogens (tertiary/aromatic N) is 1. The van der Waals surface area contributed by atoms with Gasteiger partial charge in [-0.1, -0.05) is 54.1 Å². The van der Waals surface area contributed by atoms with E-state index in [0.717, 1.165) is 36.0 Å². The van der Waals surface area contributed by atoms with Crippen LogP contribution in [0.25, 0.3) is 11.1 Å². The first-order valence-corrected chi connectivity index (χ1v) is 12.6. The molecule has 0 saturated heterocycles. The summed E-state index contributed by atoms with van der Waals surface area (Å²) in [4.78, 5) is 15.0. The molecule has 5 rings (SSSR count). The molecular weight excluding hydrogens is 523 g/mol. The fourth-order valence-electron chi connectivity index (χ4n) is 4.62. The molecule has 0 unspecified atom stereocenters. The number of fused-ring (bicyclic) bond motifs is 1. The number of aliphatic hydroxyl groups excluding tert-OH is 1. The van der Waals surface area contributed by atoms with Crippen molar-refractivity contribution in [1.29, 1.82) is 0 Å². The smallest absolute Gasteiger partial charge is 0.337 e. The minimum atomic E-state index is -1.02. The molecule has 0 fully saturated rings. The molecule has 1 heterocycles. The van der Waals surface area contributed by atoms with E-state index in [9.17, 15) is 9.90 Å². The quantitative estimate of drug-likeness (QED) is 0.232. The second-order valence-electron chi connectivity index (χ2n) is 9.22. The molecule has 0 saturated carbocycles. The Labute approximate surface area is 232 Å². The SMILES string of the molecule is Cl.O=C(O)c1ccc(Oc2ccc(-c3ccc4c(c3)C[C@@H](NC[C@@H](O)c3cccc(Cl)c3)CC4)cc2)nc1. The summed E-state index contributed by atoms with van der Waals surface area (Å²) in [7, 11) is 0. The molecule has 3 N–H and O–H groups in total. The molecule has 3 aromatic carbocycles. The number of pyridine rings is 1. The molecule has 196 valence electrons. The number of aryl methyl sites for hydroxylation is 1. The van der Waals surface area contributed by atoms with Crippen molar-refractivity contribution >= 4 is 30.0 Å². The molecule has 8 heteroatoms. The van der Waals surface area contributed by atoms with Crippen LogP contribution in [0.15, 0.2) is 85.1 Å². The van der Waals surface area contributed by atoms with Gasteiger partial charge in [0.15, 0.2) is 0 Å². The molecular formula is C30H28Cl2N2O4. The van der Waals surface area contributed by atoms with Gasteiger partial charge in [-0.15, -0.1) is 12.4 Å². The van der Waals surface area contributed by atoms with Crippen LogP contribution in [-0.2, 0) is 12.8 Å². The number of aliphatic hydroxyl groups is 1. The summed E-state index contributed by atoms with van der Waals surface area (Å²) in [6.45, 7) is 0.482. The summed E-state index contributed by atoms with van der Waals surface area (Å²) in [5, 5.41) is 23.7. The number of ether oxygens (including phenoxy) is 1. The second-order valence-corrected chi connectivity index (χ2v) is 9.66. The van der Waals surface area contributed by atoms with Crippen LogP contribution in [0.2, 0.25) is 5.02 Å². The highest BCUT2D eigenvalue weighted by atomic mass is 35.5. The number of aromatic carboxylic acids is 1. The highest BCUT2D eigenvalue weighted by molar-refractivity contribution is 6.30. The average Bonchev–Trinajstić information content (AvgIpc) is 2.92. The molecule has 0 radical (unpaired) electrons. The molecule has 6 nitrogen and oxygen atoms in total. The first-order valence-electron chi connectivity index (χ1n) is 12.2. The van der Waals surface area contributed by atoms with Crippen molar-refractivity contribution < 1.29 is 19.7 Å². The zero-order valence-corrected chi connectivity index (χ0v) is 22.1. The van der Waals surface area contributed by atoms with Crippen molar-refractivity contribution in [3.8, 4) is 22.8 Å². The van der Waals surface area contributed by atoms with Crippen LogP contribution < -0.4 is 10.1 Å². The summed E-state index contributed by atoms with van der Waals surface area (Å²) in [5.74, 6) is -0.0592. The molecule has 0 aliphatic heterocycles. The van der Waals surface area contributed by atoms with Gasteiger partial charge in [0.05, 0.1) is 11.7 Å². The number of hydrogen-bond acceptors (Lipinski definition) is 5. The summed E-state index contributed by atoms with van der Waals surface area (Å²) in [6, 6.07) is 25.0. The van der Waals surface area contributed by atoms with E-state index in [1.807, 2.05) is 36.4 Å². The monoisotopic (exact) mass is 550 g/mol. The minimum Gasteiger partial charge on any atom is -0.478 e. The molecule has 38 heavy (non-hydrogen) atoms. The highest BCUT2D eigenvalue weighted by Crippen LogP contribution is 2.30. The van der Waals surface area contributed by atoms with Crippen molar-refractivity contribution in [2.24, 2.45) is 0 Å². The fourth-order valence-corrected chi connectivity index (χ4v) is 4.82. The standard InChI is InChI=1S/C30H27ClN2O4.ClH/c31-25-3-1-2-22(15-25)28(34)18-32-26-10-6-20-4-5-21(14-24(20)16-26)19-7-11-27(12-8-19)37-29-13-9-23(17-33-29)30(35)36;/h1-5,7-9,11-15,17,26,28,32,34H,6,10,16,18H2,(H,35,36);1H/t26-,28+;/m0./s1. The van der Waals surface area contributed by atoms with Gasteiger partial charge in [-0.3, -0.25) is 0 Å². The Bertz CT molecular complexity index is 1390. The van der Waals surface area contributed by atoms with Crippen molar-refractivity contribution in [3.05, 3.63) is 112 Å². The van der Waals surface area contributed by atoms with E-state index in [4.69, 9.17) is 21.4 Å². The molecule has 1 aliphatic carbocycles. The van der Waals surface area contributed by atoms with Crippen molar-refractivity contribution in [2.45, 2.75) is 31.4 Å². The van der Waals surface area contributed by atoms with E-state index in [0.29, 0.717) is 29.2 Å². The van der Waals surface area contributed by atoms with Gasteiger partial charge >= 0.3 is 5.97 Å². The van der Waals surface area contributed by atoms with Crippen LogP contribution in [0.5, 0.6) is 11.6 Å². The van der Waals surface area contributed by atoms with Crippen molar-refractivity contribution in [1.82, 2.24) is 10.3 Å². The third kappa shape index (κ3) is 6.71. The highest BCUT2D eigenvalue weighted by Gasteiger charge is 2.20. The number of rotatable bonds is 8. The Hall–Kier alpha value is -3.42. The zero-order valence-electron chi connectivity index (χ0n) is 20.5. The molecule has 2 atom stereocenters. The molecule has 1 aromatic heterocycles. The summed E-state index contributed by atoms with van der Waals surface area (Å²) < 4.78 is 5.75.